The van der Waals surface area contributed by atoms with Gasteiger partial charge in [0.05, 0.1) is 5.69 Å². The highest BCUT2D eigenvalue weighted by Crippen LogP contribution is 2.48. The van der Waals surface area contributed by atoms with Crippen LogP contribution in [0, 0.1) is 17.6 Å². The second-order valence-electron chi connectivity index (χ2n) is 8.12. The summed E-state index contributed by atoms with van der Waals surface area (Å²) in [6.45, 7) is 2.20. The molecule has 2 heterocycles. The van der Waals surface area contributed by atoms with Crippen LogP contribution in [0.25, 0.3) is 11.6 Å². The van der Waals surface area contributed by atoms with E-state index in [0.717, 1.165) is 42.8 Å². The number of aromatic nitrogens is 2. The van der Waals surface area contributed by atoms with Gasteiger partial charge in [-0.1, -0.05) is 36.4 Å². The summed E-state index contributed by atoms with van der Waals surface area (Å²) in [5.41, 5.74) is 4.02. The molecule has 1 aromatic heterocycles. The van der Waals surface area contributed by atoms with Crippen LogP contribution in [-0.4, -0.2) is 23.1 Å². The van der Waals surface area contributed by atoms with E-state index in [1.807, 2.05) is 18.2 Å². The Labute approximate surface area is 180 Å². The Kier molecular flexibility index (Phi) is 5.47. The van der Waals surface area contributed by atoms with Crippen molar-refractivity contribution in [1.82, 2.24) is 15.3 Å². The molecular weight excluding hydrogens is 394 g/mol. The molecule has 5 rings (SSSR count). The molecule has 1 fully saturated rings. The maximum atomic E-state index is 14.7. The number of nitrogens with one attached hydrogen (secondary N) is 2. The van der Waals surface area contributed by atoms with Gasteiger partial charge in [-0.05, 0) is 55.6 Å². The van der Waals surface area contributed by atoms with Gasteiger partial charge in [-0.15, -0.1) is 0 Å². The maximum absolute atomic E-state index is 14.7. The number of hydrogen-bond donors (Lipinski definition) is 2. The van der Waals surface area contributed by atoms with Crippen LogP contribution in [-0.2, 0) is 6.54 Å². The molecule has 0 amide bonds. The Balaban J connectivity index is 1.47. The lowest BCUT2D eigenvalue weighted by molar-refractivity contribution is 0.350. The lowest BCUT2D eigenvalue weighted by Crippen LogP contribution is -2.31. The number of fused-ring (bicyclic) bond motifs is 1. The number of halogens is 2. The largest absolute Gasteiger partial charge is 0.350 e. The molecule has 0 bridgehead atoms. The van der Waals surface area contributed by atoms with Crippen molar-refractivity contribution in [2.75, 3.05) is 18.4 Å². The van der Waals surface area contributed by atoms with E-state index in [2.05, 4.69) is 15.6 Å². The molecular formula is C25H24F2N4. The number of rotatable bonds is 5. The van der Waals surface area contributed by atoms with Crippen molar-refractivity contribution in [3.05, 3.63) is 88.7 Å². The number of allylic oxidation sites excluding steroid dienone is 1. The zero-order valence-electron chi connectivity index (χ0n) is 17.1. The number of benzene rings is 2. The summed E-state index contributed by atoms with van der Waals surface area (Å²) >= 11 is 0. The van der Waals surface area contributed by atoms with E-state index in [0.29, 0.717) is 29.5 Å². The zero-order chi connectivity index (χ0) is 21.2. The smallest absolute Gasteiger partial charge is 0.223 e. The van der Waals surface area contributed by atoms with Crippen LogP contribution in [0.3, 0.4) is 0 Å². The van der Waals surface area contributed by atoms with Crippen LogP contribution < -0.4 is 10.6 Å². The van der Waals surface area contributed by atoms with E-state index >= 15 is 0 Å². The molecule has 31 heavy (non-hydrogen) atoms. The highest BCUT2D eigenvalue weighted by atomic mass is 19.1. The second kappa shape index (κ2) is 8.55. The monoisotopic (exact) mass is 418 g/mol. The van der Waals surface area contributed by atoms with Crippen LogP contribution in [0.5, 0.6) is 0 Å². The summed E-state index contributed by atoms with van der Waals surface area (Å²) in [4.78, 5) is 9.25. The lowest BCUT2D eigenvalue weighted by atomic mass is 9.78. The van der Waals surface area contributed by atoms with Crippen molar-refractivity contribution in [3.8, 4) is 0 Å². The van der Waals surface area contributed by atoms with Gasteiger partial charge < -0.3 is 10.6 Å². The molecule has 3 aromatic rings. The minimum Gasteiger partial charge on any atom is -0.350 e. The van der Waals surface area contributed by atoms with E-state index in [1.54, 1.807) is 30.5 Å². The quantitative estimate of drug-likeness (QED) is 0.612. The van der Waals surface area contributed by atoms with Crippen LogP contribution in [0.4, 0.5) is 14.7 Å². The molecule has 2 aliphatic rings. The van der Waals surface area contributed by atoms with Gasteiger partial charge >= 0.3 is 0 Å². The van der Waals surface area contributed by atoms with Gasteiger partial charge in [0.1, 0.15) is 11.6 Å². The molecule has 6 heteroatoms. The first-order chi connectivity index (χ1) is 15.2. The van der Waals surface area contributed by atoms with E-state index in [1.165, 1.54) is 12.1 Å². The molecule has 0 radical (unpaired) electrons. The number of hydrogen-bond acceptors (Lipinski definition) is 4. The fourth-order valence-electron chi connectivity index (χ4n) is 4.67. The number of anilines is 1. The van der Waals surface area contributed by atoms with Crippen molar-refractivity contribution in [2.45, 2.75) is 25.3 Å². The molecule has 158 valence electrons. The average Bonchev–Trinajstić information content (AvgIpc) is 3.18. The van der Waals surface area contributed by atoms with Crippen LogP contribution in [0.15, 0.2) is 54.7 Å². The van der Waals surface area contributed by atoms with Crippen LogP contribution in [0.1, 0.15) is 41.1 Å². The third-order valence-electron chi connectivity index (χ3n) is 6.22. The van der Waals surface area contributed by atoms with Gasteiger partial charge in [0.25, 0.3) is 0 Å². The normalized spacial score (nSPS) is 18.5. The predicted octanol–water partition coefficient (Wildman–Crippen LogP) is 5.00. The van der Waals surface area contributed by atoms with Gasteiger partial charge in [-0.3, -0.25) is 0 Å². The number of piperidine rings is 1. The molecule has 1 aliphatic heterocycles. The molecule has 2 N–H and O–H groups in total. The zero-order valence-corrected chi connectivity index (χ0v) is 17.1. The van der Waals surface area contributed by atoms with Gasteiger partial charge in [-0.25, -0.2) is 18.7 Å². The Morgan fingerprint density at radius 1 is 0.968 bits per heavy atom. The van der Waals surface area contributed by atoms with Crippen molar-refractivity contribution in [1.29, 1.82) is 0 Å². The Hall–Kier alpha value is -3.12. The highest BCUT2D eigenvalue weighted by molar-refractivity contribution is 5.91. The van der Waals surface area contributed by atoms with Crippen molar-refractivity contribution >= 4 is 17.6 Å². The third kappa shape index (κ3) is 3.95. The lowest BCUT2D eigenvalue weighted by Gasteiger charge is -2.30. The molecule has 1 atom stereocenters. The van der Waals surface area contributed by atoms with Crippen molar-refractivity contribution in [2.24, 2.45) is 5.92 Å². The van der Waals surface area contributed by atoms with Crippen LogP contribution >= 0.6 is 0 Å². The molecule has 1 aliphatic carbocycles. The van der Waals surface area contributed by atoms with Crippen LogP contribution in [0.2, 0.25) is 0 Å². The molecule has 4 nitrogen and oxygen atoms in total. The standard InChI is InChI=1S/C25H24F2N4/c26-21-7-3-1-5-17(21)14-29-25-30-15-18-13-20(19-6-2-4-8-22(19)27)23(24(18)31-25)16-9-11-28-12-10-16/h1-8,13,15-16,23,28H,9-12,14H2,(H,29,30,31). The molecule has 0 saturated carbocycles. The fraction of sp³-hybridized carbons (Fsp3) is 0.280. The summed E-state index contributed by atoms with van der Waals surface area (Å²) in [6, 6.07) is 13.6. The van der Waals surface area contributed by atoms with E-state index in [9.17, 15) is 8.78 Å². The van der Waals surface area contributed by atoms with E-state index in [4.69, 9.17) is 4.98 Å². The van der Waals surface area contributed by atoms with Gasteiger partial charge in [0, 0.05) is 35.3 Å². The molecule has 0 spiro atoms. The summed E-state index contributed by atoms with van der Waals surface area (Å²) in [5, 5.41) is 6.56. The Morgan fingerprint density at radius 2 is 1.71 bits per heavy atom. The third-order valence-corrected chi connectivity index (χ3v) is 6.22. The second-order valence-corrected chi connectivity index (χ2v) is 8.12. The minimum absolute atomic E-state index is 0.0195. The van der Waals surface area contributed by atoms with Crippen molar-refractivity contribution in [3.63, 3.8) is 0 Å². The van der Waals surface area contributed by atoms with Gasteiger partial charge in [0.15, 0.2) is 0 Å². The first-order valence-corrected chi connectivity index (χ1v) is 10.7. The Morgan fingerprint density at radius 3 is 2.48 bits per heavy atom. The topological polar surface area (TPSA) is 49.8 Å². The molecule has 2 aromatic carbocycles. The van der Waals surface area contributed by atoms with E-state index < -0.39 is 0 Å². The predicted molar refractivity (Wildman–Crippen MR) is 118 cm³/mol. The minimum atomic E-state index is -0.257. The Bertz CT molecular complexity index is 1120. The first-order valence-electron chi connectivity index (χ1n) is 10.7. The molecule has 1 saturated heterocycles. The summed E-state index contributed by atoms with van der Waals surface area (Å²) in [6.07, 6.45) is 5.84. The highest BCUT2D eigenvalue weighted by Gasteiger charge is 2.36. The first kappa shape index (κ1) is 19.8. The fourth-order valence-corrected chi connectivity index (χ4v) is 4.67. The van der Waals surface area contributed by atoms with Crippen molar-refractivity contribution < 1.29 is 8.78 Å². The maximum Gasteiger partial charge on any atom is 0.223 e. The van der Waals surface area contributed by atoms with E-state index in [-0.39, 0.29) is 17.6 Å². The average molecular weight is 418 g/mol. The van der Waals surface area contributed by atoms with Gasteiger partial charge in [-0.2, -0.15) is 0 Å². The number of nitrogens with zero attached hydrogens (tertiary/aromatic N) is 2. The molecule has 1 unspecified atom stereocenters. The SMILES string of the molecule is Fc1ccccc1CNc1ncc2c(n1)C(C1CCNCC1)C(c1ccccc1F)=C2. The van der Waals surface area contributed by atoms with Gasteiger partial charge in [0.2, 0.25) is 5.95 Å². The summed E-state index contributed by atoms with van der Waals surface area (Å²) in [7, 11) is 0. The summed E-state index contributed by atoms with van der Waals surface area (Å²) in [5.74, 6) is 0.386. The summed E-state index contributed by atoms with van der Waals surface area (Å²) < 4.78 is 28.7.